The van der Waals surface area contributed by atoms with Gasteiger partial charge in [0.05, 0.1) is 6.61 Å². The van der Waals surface area contributed by atoms with Crippen molar-refractivity contribution in [3.63, 3.8) is 0 Å². The Morgan fingerprint density at radius 1 is 1.23 bits per heavy atom. The second-order valence-corrected chi connectivity index (χ2v) is 6.86. The van der Waals surface area contributed by atoms with Crippen molar-refractivity contribution in [2.45, 2.75) is 40.4 Å². The van der Waals surface area contributed by atoms with Crippen molar-refractivity contribution < 1.29 is 22.7 Å². The molecule has 0 aliphatic rings. The molecule has 0 N–H and O–H groups in total. The summed E-state index contributed by atoms with van der Waals surface area (Å²) in [7, 11) is 0. The molecule has 142 valence electrons. The van der Waals surface area contributed by atoms with E-state index in [0.29, 0.717) is 10.6 Å². The first kappa shape index (κ1) is 20.4. The normalized spacial score (nSPS) is 11.9. The first-order valence-corrected chi connectivity index (χ1v) is 8.69. The number of carbonyl (C=O) groups is 1. The summed E-state index contributed by atoms with van der Waals surface area (Å²) in [5, 5.41) is 0.460. The highest BCUT2D eigenvalue weighted by molar-refractivity contribution is 6.30. The minimum absolute atomic E-state index is 0.00326. The molecule has 2 aromatic rings. The van der Waals surface area contributed by atoms with E-state index in [2.05, 4.69) is 0 Å². The van der Waals surface area contributed by atoms with Crippen molar-refractivity contribution in [3.05, 3.63) is 46.2 Å². The Kier molecular flexibility index (Phi) is 6.06. The molecule has 3 nitrogen and oxygen atoms in total. The first-order valence-electron chi connectivity index (χ1n) is 8.31. The van der Waals surface area contributed by atoms with Crippen LogP contribution < -0.4 is 0 Å². The highest BCUT2D eigenvalue weighted by Gasteiger charge is 2.41. The molecule has 1 aromatic heterocycles. The number of alkyl halides is 3. The summed E-state index contributed by atoms with van der Waals surface area (Å²) < 4.78 is 47.5. The van der Waals surface area contributed by atoms with E-state index >= 15 is 0 Å². The lowest BCUT2D eigenvalue weighted by atomic mass is 10.0. The minimum atomic E-state index is -4.59. The summed E-state index contributed by atoms with van der Waals surface area (Å²) in [6, 6.07) is 6.37. The second kappa shape index (κ2) is 7.74. The lowest BCUT2D eigenvalue weighted by Crippen LogP contribution is -2.21. The maximum Gasteiger partial charge on any atom is 0.431 e. The zero-order valence-corrected chi connectivity index (χ0v) is 15.8. The smallest absolute Gasteiger partial charge is 0.431 e. The van der Waals surface area contributed by atoms with Crippen molar-refractivity contribution in [2.75, 3.05) is 6.61 Å². The molecule has 0 fully saturated rings. The predicted molar refractivity (Wildman–Crippen MR) is 95.4 cm³/mol. The van der Waals surface area contributed by atoms with Gasteiger partial charge in [0.25, 0.3) is 0 Å². The van der Waals surface area contributed by atoms with Gasteiger partial charge in [0, 0.05) is 17.1 Å². The average Bonchev–Trinajstić information content (AvgIpc) is 2.80. The molecule has 0 saturated heterocycles. The van der Waals surface area contributed by atoms with Crippen LogP contribution in [0.3, 0.4) is 0 Å². The SMILES string of the molecule is CCOC(=O)c1c(-c2ccc(Cl)cc2)c(C)c(C(F)(F)F)n1CC(C)C. The Morgan fingerprint density at radius 2 is 1.81 bits per heavy atom. The number of hydrogen-bond donors (Lipinski definition) is 0. The summed E-state index contributed by atoms with van der Waals surface area (Å²) in [4.78, 5) is 12.6. The van der Waals surface area contributed by atoms with E-state index < -0.39 is 17.8 Å². The largest absolute Gasteiger partial charge is 0.461 e. The monoisotopic (exact) mass is 387 g/mol. The minimum Gasteiger partial charge on any atom is -0.461 e. The lowest BCUT2D eigenvalue weighted by Gasteiger charge is -2.17. The Hall–Kier alpha value is -1.95. The number of benzene rings is 1. The van der Waals surface area contributed by atoms with Gasteiger partial charge < -0.3 is 9.30 Å². The molecule has 0 saturated carbocycles. The van der Waals surface area contributed by atoms with Crippen LogP contribution in [0.1, 0.15) is 42.5 Å². The van der Waals surface area contributed by atoms with Crippen molar-refractivity contribution in [1.82, 2.24) is 4.57 Å². The summed E-state index contributed by atoms with van der Waals surface area (Å²) in [6.45, 7) is 6.72. The number of aromatic nitrogens is 1. The van der Waals surface area contributed by atoms with Crippen LogP contribution in [0.15, 0.2) is 24.3 Å². The van der Waals surface area contributed by atoms with Crippen LogP contribution in [0.2, 0.25) is 5.02 Å². The molecule has 1 heterocycles. The highest BCUT2D eigenvalue weighted by atomic mass is 35.5. The van der Waals surface area contributed by atoms with Crippen LogP contribution in [-0.2, 0) is 17.5 Å². The number of halogens is 4. The molecule has 0 spiro atoms. The van der Waals surface area contributed by atoms with E-state index in [-0.39, 0.29) is 35.9 Å². The number of hydrogen-bond acceptors (Lipinski definition) is 2. The summed E-state index contributed by atoms with van der Waals surface area (Å²) >= 11 is 5.89. The van der Waals surface area contributed by atoms with Gasteiger partial charge in [0.2, 0.25) is 0 Å². The number of ether oxygens (including phenoxy) is 1. The molecule has 0 atom stereocenters. The Labute approximate surface area is 155 Å². The number of esters is 1. The molecule has 0 bridgehead atoms. The van der Waals surface area contributed by atoms with E-state index in [0.717, 1.165) is 4.57 Å². The predicted octanol–water partition coefficient (Wildman–Crippen LogP) is 5.97. The molecule has 2 rings (SSSR count). The van der Waals surface area contributed by atoms with E-state index in [1.807, 2.05) is 0 Å². The summed E-state index contributed by atoms with van der Waals surface area (Å²) in [5.41, 5.74) is -0.175. The van der Waals surface area contributed by atoms with Crippen molar-refractivity contribution >= 4 is 17.6 Å². The molecule has 1 aromatic carbocycles. The van der Waals surface area contributed by atoms with E-state index in [9.17, 15) is 18.0 Å². The Balaban J connectivity index is 2.86. The molecule has 0 radical (unpaired) electrons. The highest BCUT2D eigenvalue weighted by Crippen LogP contribution is 2.41. The molecule has 7 heteroatoms. The third-order valence-corrected chi connectivity index (χ3v) is 4.18. The van der Waals surface area contributed by atoms with Gasteiger partial charge in [-0.3, -0.25) is 0 Å². The van der Waals surface area contributed by atoms with Crippen LogP contribution in [0, 0.1) is 12.8 Å². The molecule has 0 aliphatic heterocycles. The van der Waals surface area contributed by atoms with E-state index in [4.69, 9.17) is 16.3 Å². The van der Waals surface area contributed by atoms with Crippen LogP contribution in [0.25, 0.3) is 11.1 Å². The van der Waals surface area contributed by atoms with Gasteiger partial charge in [-0.1, -0.05) is 37.6 Å². The maximum absolute atomic E-state index is 13.8. The second-order valence-electron chi connectivity index (χ2n) is 6.43. The van der Waals surface area contributed by atoms with Gasteiger partial charge in [-0.15, -0.1) is 0 Å². The number of carbonyl (C=O) groups excluding carboxylic acids is 1. The van der Waals surface area contributed by atoms with Crippen molar-refractivity contribution in [2.24, 2.45) is 5.92 Å². The zero-order chi connectivity index (χ0) is 19.6. The number of rotatable bonds is 5. The fourth-order valence-corrected chi connectivity index (χ4v) is 3.17. The topological polar surface area (TPSA) is 31.2 Å². The van der Waals surface area contributed by atoms with Gasteiger partial charge >= 0.3 is 12.1 Å². The fraction of sp³-hybridized carbons (Fsp3) is 0.421. The van der Waals surface area contributed by atoms with Gasteiger partial charge in [0.1, 0.15) is 11.4 Å². The number of nitrogens with zero attached hydrogens (tertiary/aromatic N) is 1. The van der Waals surface area contributed by atoms with Crippen LogP contribution in [0.4, 0.5) is 13.2 Å². The third kappa shape index (κ3) is 4.06. The lowest BCUT2D eigenvalue weighted by molar-refractivity contribution is -0.144. The maximum atomic E-state index is 13.8. The first-order chi connectivity index (χ1) is 12.1. The zero-order valence-electron chi connectivity index (χ0n) is 15.1. The van der Waals surface area contributed by atoms with Gasteiger partial charge in [-0.25, -0.2) is 4.79 Å². The molecule has 0 amide bonds. The van der Waals surface area contributed by atoms with E-state index in [1.54, 1.807) is 45.0 Å². The molecule has 0 aliphatic carbocycles. The Bertz CT molecular complexity index is 793. The molecular formula is C19H21ClF3NO2. The van der Waals surface area contributed by atoms with E-state index in [1.165, 1.54) is 6.92 Å². The van der Waals surface area contributed by atoms with Gasteiger partial charge in [-0.2, -0.15) is 13.2 Å². The summed E-state index contributed by atoms with van der Waals surface area (Å²) in [5.74, 6) is -0.856. The molecule has 0 unspecified atom stereocenters. The van der Waals surface area contributed by atoms with Crippen LogP contribution in [-0.4, -0.2) is 17.1 Å². The Morgan fingerprint density at radius 3 is 2.27 bits per heavy atom. The average molecular weight is 388 g/mol. The van der Waals surface area contributed by atoms with Gasteiger partial charge in [0.15, 0.2) is 0 Å². The third-order valence-electron chi connectivity index (χ3n) is 3.92. The van der Waals surface area contributed by atoms with Crippen LogP contribution in [0.5, 0.6) is 0 Å². The fourth-order valence-electron chi connectivity index (χ4n) is 3.04. The summed E-state index contributed by atoms with van der Waals surface area (Å²) in [6.07, 6.45) is -4.59. The van der Waals surface area contributed by atoms with Crippen LogP contribution >= 0.6 is 11.6 Å². The van der Waals surface area contributed by atoms with Gasteiger partial charge in [-0.05, 0) is 43.0 Å². The quantitative estimate of drug-likeness (QED) is 0.592. The molecular weight excluding hydrogens is 367 g/mol. The van der Waals surface area contributed by atoms with Crippen molar-refractivity contribution in [1.29, 1.82) is 0 Å². The standard InChI is InChI=1S/C19H21ClF3NO2/c1-5-26-18(25)16-15(13-6-8-14(20)9-7-13)12(4)17(19(21,22)23)24(16)10-11(2)3/h6-9,11H,5,10H2,1-4H3. The van der Waals surface area contributed by atoms with Crippen molar-refractivity contribution in [3.8, 4) is 11.1 Å². The molecule has 26 heavy (non-hydrogen) atoms.